The number of aromatic nitrogens is 1. The summed E-state index contributed by atoms with van der Waals surface area (Å²) in [4.78, 5) is 35.3. The molecule has 0 aliphatic carbocycles. The number of carbonyl (C=O) groups is 2. The zero-order valence-corrected chi connectivity index (χ0v) is 25.9. The molecule has 2 aromatic rings. The number of ether oxygens (including phenoxy) is 1. The highest BCUT2D eigenvalue weighted by Crippen LogP contribution is 2.43. The molecular formula is C28H31ClF4N6O4S. The van der Waals surface area contributed by atoms with Crippen molar-refractivity contribution in [1.82, 2.24) is 25.2 Å². The highest BCUT2D eigenvalue weighted by Gasteiger charge is 2.61. The number of likely N-dealkylation sites (N-methyl/N-ethyl adjacent to an activating group) is 1. The highest BCUT2D eigenvalue weighted by molar-refractivity contribution is 7.11. The van der Waals surface area contributed by atoms with Crippen molar-refractivity contribution in [3.05, 3.63) is 62.2 Å². The van der Waals surface area contributed by atoms with Crippen LogP contribution in [-0.4, -0.2) is 101 Å². The quantitative estimate of drug-likeness (QED) is 0.235. The number of rotatable bonds is 9. The first-order valence-electron chi connectivity index (χ1n) is 13.7. The van der Waals surface area contributed by atoms with Crippen molar-refractivity contribution in [1.29, 1.82) is 0 Å². The number of carboxylic acid groups (broad SMARTS) is 1. The van der Waals surface area contributed by atoms with E-state index in [0.29, 0.717) is 5.01 Å². The van der Waals surface area contributed by atoms with Gasteiger partial charge in [-0.3, -0.25) is 14.7 Å². The van der Waals surface area contributed by atoms with E-state index in [-0.39, 0.29) is 48.7 Å². The van der Waals surface area contributed by atoms with Crippen LogP contribution in [0.2, 0.25) is 5.02 Å². The monoisotopic (exact) mass is 658 g/mol. The Morgan fingerprint density at radius 1 is 1.30 bits per heavy atom. The van der Waals surface area contributed by atoms with E-state index in [4.69, 9.17) is 16.3 Å². The Labute approximate surface area is 259 Å². The predicted molar refractivity (Wildman–Crippen MR) is 154 cm³/mol. The minimum atomic E-state index is -3.18. The predicted octanol–water partition coefficient (Wildman–Crippen LogP) is 3.94. The molecule has 0 radical (unpaired) electrons. The number of carboxylic acids is 1. The minimum Gasteiger partial charge on any atom is -0.481 e. The summed E-state index contributed by atoms with van der Waals surface area (Å²) in [6, 6.07) is -1.12. The summed E-state index contributed by atoms with van der Waals surface area (Å²) in [6.07, 6.45) is 1.68. The van der Waals surface area contributed by atoms with E-state index in [9.17, 15) is 23.5 Å². The Bertz CT molecular complexity index is 1520. The average molecular weight is 659 g/mol. The fourth-order valence-corrected chi connectivity index (χ4v) is 6.71. The number of amidine groups is 1. The second kappa shape index (κ2) is 12.0. The summed E-state index contributed by atoms with van der Waals surface area (Å²) >= 11 is 7.43. The van der Waals surface area contributed by atoms with Gasteiger partial charge < -0.3 is 15.2 Å². The summed E-state index contributed by atoms with van der Waals surface area (Å²) in [6.45, 7) is 2.61. The Hall–Kier alpha value is -3.11. The summed E-state index contributed by atoms with van der Waals surface area (Å²) in [5.41, 5.74) is -1.05. The summed E-state index contributed by atoms with van der Waals surface area (Å²) in [5, 5.41) is 17.3. The summed E-state index contributed by atoms with van der Waals surface area (Å²) < 4.78 is 65.1. The molecule has 0 saturated carbocycles. The van der Waals surface area contributed by atoms with Gasteiger partial charge in [0.05, 0.1) is 29.7 Å². The number of aliphatic carboxylic acids is 1. The number of esters is 1. The number of alkyl halides is 2. The van der Waals surface area contributed by atoms with Gasteiger partial charge in [-0.15, -0.1) is 11.3 Å². The first kappa shape index (κ1) is 32.3. The van der Waals surface area contributed by atoms with Crippen LogP contribution < -0.4 is 5.32 Å². The molecule has 0 spiro atoms. The number of aliphatic imine (C=N–C) groups is 1. The standard InChI is InChI=1S/C28H31ClF4N6O4S/c1-27(2,26(41)42)7-9-39-22-17(12-37(39)3)38(13-28(22,32)33)11-16-18(25(40)43-4)21(14-5-6-15(30)20(31)19(14)29)36-23(35-16)24-34-8-10-44-24/h5-6,8,10,17,21-22H,7,9,11-13H2,1-4H3,(H,35,36)(H,41,42). The number of methoxy groups -OCH3 is 1. The zero-order valence-electron chi connectivity index (χ0n) is 24.3. The second-order valence-electron chi connectivity index (χ2n) is 11.6. The van der Waals surface area contributed by atoms with Gasteiger partial charge in [-0.05, 0) is 26.3 Å². The fourth-order valence-electron chi connectivity index (χ4n) is 5.87. The molecule has 16 heteroatoms. The van der Waals surface area contributed by atoms with Gasteiger partial charge in [0.25, 0.3) is 5.92 Å². The van der Waals surface area contributed by atoms with Gasteiger partial charge in [-0.2, -0.15) is 0 Å². The molecule has 1 aromatic carbocycles. The number of carbonyl (C=O) groups excluding carboxylic acids is 1. The third-order valence-corrected chi connectivity index (χ3v) is 9.49. The average Bonchev–Trinajstić information content (AvgIpc) is 3.67. The molecule has 3 unspecified atom stereocenters. The zero-order chi connectivity index (χ0) is 32.1. The SMILES string of the molecule is COC(=O)C1=C(CN2CC(F)(F)C3C2CN(C)N3CCC(C)(C)C(=O)O)NC(c2nccs2)=NC1c1ccc(F)c(F)c1Cl. The normalized spacial score (nSPS) is 24.3. The van der Waals surface area contributed by atoms with Crippen LogP contribution in [0.25, 0.3) is 0 Å². The molecule has 10 nitrogen and oxygen atoms in total. The van der Waals surface area contributed by atoms with Gasteiger partial charge in [-0.1, -0.05) is 17.7 Å². The molecule has 2 N–H and O–H groups in total. The molecule has 0 amide bonds. The maximum Gasteiger partial charge on any atom is 0.338 e. The Morgan fingerprint density at radius 3 is 2.66 bits per heavy atom. The molecule has 4 heterocycles. The molecule has 0 bridgehead atoms. The van der Waals surface area contributed by atoms with Crippen LogP contribution in [0.15, 0.2) is 40.0 Å². The smallest absolute Gasteiger partial charge is 0.338 e. The maximum absolute atomic E-state index is 15.7. The number of nitrogens with one attached hydrogen (secondary N) is 1. The van der Waals surface area contributed by atoms with Crippen LogP contribution in [0.5, 0.6) is 0 Å². The second-order valence-corrected chi connectivity index (χ2v) is 12.9. The lowest BCUT2D eigenvalue weighted by atomic mass is 9.89. The number of halogens is 5. The lowest BCUT2D eigenvalue weighted by Gasteiger charge is -2.33. The largest absolute Gasteiger partial charge is 0.481 e. The molecule has 238 valence electrons. The summed E-state index contributed by atoms with van der Waals surface area (Å²) in [7, 11) is 2.81. The van der Waals surface area contributed by atoms with Crippen LogP contribution in [-0.2, 0) is 14.3 Å². The van der Waals surface area contributed by atoms with Gasteiger partial charge >= 0.3 is 11.9 Å². The third kappa shape index (κ3) is 5.83. The number of fused-ring (bicyclic) bond motifs is 1. The molecule has 3 aliphatic rings. The van der Waals surface area contributed by atoms with E-state index < -0.39 is 64.6 Å². The molecule has 1 aromatic heterocycles. The van der Waals surface area contributed by atoms with Crippen molar-refractivity contribution in [2.24, 2.45) is 10.4 Å². The lowest BCUT2D eigenvalue weighted by molar-refractivity contribution is -0.148. The van der Waals surface area contributed by atoms with Crippen LogP contribution in [0.4, 0.5) is 17.6 Å². The van der Waals surface area contributed by atoms with E-state index in [1.165, 1.54) is 28.6 Å². The van der Waals surface area contributed by atoms with Crippen molar-refractivity contribution in [2.75, 3.05) is 40.3 Å². The number of benzene rings is 1. The van der Waals surface area contributed by atoms with Crippen LogP contribution in [0.3, 0.4) is 0 Å². The van der Waals surface area contributed by atoms with Crippen molar-refractivity contribution in [3.8, 4) is 0 Å². The molecule has 3 atom stereocenters. The van der Waals surface area contributed by atoms with Gasteiger partial charge in [0.2, 0.25) is 0 Å². The van der Waals surface area contributed by atoms with E-state index >= 15 is 8.78 Å². The van der Waals surface area contributed by atoms with Crippen LogP contribution in [0, 0.1) is 17.0 Å². The summed E-state index contributed by atoms with van der Waals surface area (Å²) in [5.74, 6) is -7.37. The number of hydrogen-bond donors (Lipinski definition) is 2. The van der Waals surface area contributed by atoms with E-state index in [1.807, 2.05) is 0 Å². The highest BCUT2D eigenvalue weighted by atomic mass is 35.5. The van der Waals surface area contributed by atoms with Crippen LogP contribution in [0.1, 0.15) is 36.9 Å². The number of hydrazine groups is 1. The Kier molecular flexibility index (Phi) is 8.81. The molecule has 3 aliphatic heterocycles. The van der Waals surface area contributed by atoms with Gasteiger partial charge in [-0.25, -0.2) is 37.4 Å². The number of thiazole rings is 1. The molecule has 2 fully saturated rings. The van der Waals surface area contributed by atoms with E-state index in [0.717, 1.165) is 13.2 Å². The number of likely N-dealkylation sites (tertiary alicyclic amines) is 1. The van der Waals surface area contributed by atoms with Gasteiger partial charge in [0.1, 0.15) is 12.1 Å². The molecular weight excluding hydrogens is 628 g/mol. The third-order valence-electron chi connectivity index (χ3n) is 8.32. The molecule has 5 rings (SSSR count). The number of nitrogens with zero attached hydrogens (tertiary/aromatic N) is 5. The van der Waals surface area contributed by atoms with E-state index in [2.05, 4.69) is 15.3 Å². The Morgan fingerprint density at radius 2 is 2.02 bits per heavy atom. The van der Waals surface area contributed by atoms with Crippen molar-refractivity contribution < 1.29 is 37.0 Å². The molecule has 44 heavy (non-hydrogen) atoms. The van der Waals surface area contributed by atoms with Gasteiger partial charge in [0.15, 0.2) is 22.5 Å². The van der Waals surface area contributed by atoms with Crippen molar-refractivity contribution >= 4 is 40.7 Å². The number of hydrogen-bond acceptors (Lipinski definition) is 10. The first-order chi connectivity index (χ1) is 20.7. The lowest BCUT2D eigenvalue weighted by Crippen LogP contribution is -2.49. The van der Waals surface area contributed by atoms with Gasteiger partial charge in [0, 0.05) is 55.6 Å². The Balaban J connectivity index is 1.53. The molecule has 2 saturated heterocycles. The van der Waals surface area contributed by atoms with E-state index in [1.54, 1.807) is 36.2 Å². The topological polar surface area (TPSA) is 111 Å². The fraction of sp³-hybridized carbons (Fsp3) is 0.500. The maximum atomic E-state index is 15.7. The minimum absolute atomic E-state index is 0.0172. The first-order valence-corrected chi connectivity index (χ1v) is 14.9. The van der Waals surface area contributed by atoms with Crippen molar-refractivity contribution in [3.63, 3.8) is 0 Å². The van der Waals surface area contributed by atoms with Crippen molar-refractivity contribution in [2.45, 2.75) is 44.3 Å². The van der Waals surface area contributed by atoms with Crippen LogP contribution >= 0.6 is 22.9 Å².